The Balaban J connectivity index is 1.62. The van der Waals surface area contributed by atoms with Crippen LogP contribution >= 0.6 is 0 Å². The molecule has 0 N–H and O–H groups in total. The van der Waals surface area contributed by atoms with Gasteiger partial charge in [-0.1, -0.05) is 18.2 Å². The van der Waals surface area contributed by atoms with E-state index in [0.29, 0.717) is 6.61 Å². The first-order chi connectivity index (χ1) is 11.6. The number of carbonyl (C=O) groups is 1. The van der Waals surface area contributed by atoms with Crippen molar-refractivity contribution in [2.75, 3.05) is 13.2 Å². The highest BCUT2D eigenvalue weighted by molar-refractivity contribution is 5.99. The summed E-state index contributed by atoms with van der Waals surface area (Å²) >= 11 is 0. The molecule has 1 unspecified atom stereocenters. The van der Waals surface area contributed by atoms with Crippen LogP contribution in [0, 0.1) is 6.92 Å². The summed E-state index contributed by atoms with van der Waals surface area (Å²) in [5, 5.41) is 4.34. The van der Waals surface area contributed by atoms with E-state index in [1.807, 2.05) is 53.2 Å². The number of likely N-dealkylation sites (tertiary alicyclic amines) is 1. The summed E-state index contributed by atoms with van der Waals surface area (Å²) in [5.41, 5.74) is 3.97. The Hall–Kier alpha value is -2.56. The van der Waals surface area contributed by atoms with Crippen LogP contribution in [0.3, 0.4) is 0 Å². The molecule has 1 atom stereocenters. The SMILES string of the molecule is Cc1c(C2CCCN2C(=O)C2=Cc3ccccc3OC2)cnn1C. The van der Waals surface area contributed by atoms with Crippen LogP contribution in [0.4, 0.5) is 0 Å². The van der Waals surface area contributed by atoms with E-state index in [0.717, 1.165) is 47.5 Å². The first-order valence-corrected chi connectivity index (χ1v) is 8.37. The Morgan fingerprint density at radius 3 is 2.96 bits per heavy atom. The largest absolute Gasteiger partial charge is 0.488 e. The summed E-state index contributed by atoms with van der Waals surface area (Å²) in [6.45, 7) is 3.18. The Kier molecular flexibility index (Phi) is 3.63. The van der Waals surface area contributed by atoms with Crippen molar-refractivity contribution in [2.45, 2.75) is 25.8 Å². The van der Waals surface area contributed by atoms with Gasteiger partial charge >= 0.3 is 0 Å². The van der Waals surface area contributed by atoms with Gasteiger partial charge in [-0.25, -0.2) is 0 Å². The molecule has 3 heterocycles. The van der Waals surface area contributed by atoms with E-state index in [9.17, 15) is 4.79 Å². The third-order valence-electron chi connectivity index (χ3n) is 5.05. The Labute approximate surface area is 141 Å². The van der Waals surface area contributed by atoms with Crippen LogP contribution in [0.15, 0.2) is 36.0 Å². The van der Waals surface area contributed by atoms with E-state index in [4.69, 9.17) is 4.74 Å². The molecule has 1 aromatic heterocycles. The molecule has 2 aromatic rings. The predicted octanol–water partition coefficient (Wildman–Crippen LogP) is 2.87. The number of hydrogen-bond donors (Lipinski definition) is 0. The molecule has 5 heteroatoms. The lowest BCUT2D eigenvalue weighted by Gasteiger charge is -2.27. The van der Waals surface area contributed by atoms with Gasteiger partial charge in [0.05, 0.1) is 17.8 Å². The minimum Gasteiger partial charge on any atom is -0.488 e. The van der Waals surface area contributed by atoms with Gasteiger partial charge in [-0.05, 0) is 31.9 Å². The van der Waals surface area contributed by atoms with E-state index in [-0.39, 0.29) is 11.9 Å². The molecule has 1 saturated heterocycles. The zero-order valence-electron chi connectivity index (χ0n) is 14.0. The predicted molar refractivity (Wildman–Crippen MR) is 91.5 cm³/mol. The summed E-state index contributed by atoms with van der Waals surface area (Å²) in [5.74, 6) is 0.922. The Morgan fingerprint density at radius 2 is 2.17 bits per heavy atom. The van der Waals surface area contributed by atoms with Crippen molar-refractivity contribution >= 4 is 12.0 Å². The van der Waals surface area contributed by atoms with Crippen molar-refractivity contribution in [1.82, 2.24) is 14.7 Å². The van der Waals surface area contributed by atoms with Crippen molar-refractivity contribution in [2.24, 2.45) is 7.05 Å². The lowest BCUT2D eigenvalue weighted by atomic mass is 10.0. The summed E-state index contributed by atoms with van der Waals surface area (Å²) < 4.78 is 7.62. The van der Waals surface area contributed by atoms with E-state index in [1.54, 1.807) is 0 Å². The van der Waals surface area contributed by atoms with Crippen LogP contribution in [0.1, 0.15) is 35.7 Å². The van der Waals surface area contributed by atoms with E-state index >= 15 is 0 Å². The molecule has 124 valence electrons. The Morgan fingerprint density at radius 1 is 1.33 bits per heavy atom. The number of rotatable bonds is 2. The van der Waals surface area contributed by atoms with Crippen molar-refractivity contribution in [3.8, 4) is 5.75 Å². The van der Waals surface area contributed by atoms with Crippen molar-refractivity contribution < 1.29 is 9.53 Å². The summed E-state index contributed by atoms with van der Waals surface area (Å²) in [4.78, 5) is 15.0. The van der Waals surface area contributed by atoms with Gasteiger partial charge in [-0.2, -0.15) is 5.10 Å². The number of carbonyl (C=O) groups excluding carboxylic acids is 1. The van der Waals surface area contributed by atoms with Crippen molar-refractivity contribution in [3.05, 3.63) is 52.9 Å². The molecule has 0 spiro atoms. The fraction of sp³-hybridized carbons (Fsp3) is 0.368. The van der Waals surface area contributed by atoms with E-state index in [1.165, 1.54) is 0 Å². The van der Waals surface area contributed by atoms with Crippen molar-refractivity contribution in [1.29, 1.82) is 0 Å². The van der Waals surface area contributed by atoms with Crippen LogP contribution in [-0.4, -0.2) is 33.7 Å². The second-order valence-corrected chi connectivity index (χ2v) is 6.46. The molecule has 2 aliphatic rings. The molecule has 4 rings (SSSR count). The number of amides is 1. The van der Waals surface area contributed by atoms with Gasteiger partial charge in [0.1, 0.15) is 12.4 Å². The minimum atomic E-state index is 0.0789. The quantitative estimate of drug-likeness (QED) is 0.854. The van der Waals surface area contributed by atoms with Crippen LogP contribution in [-0.2, 0) is 11.8 Å². The van der Waals surface area contributed by atoms with Crippen LogP contribution < -0.4 is 4.74 Å². The van der Waals surface area contributed by atoms with Gasteiger partial charge in [0, 0.05) is 30.4 Å². The smallest absolute Gasteiger partial charge is 0.253 e. The lowest BCUT2D eigenvalue weighted by molar-refractivity contribution is -0.128. The standard InChI is InChI=1S/C19H21N3O2/c1-13-16(11-20-21(13)2)17-7-5-9-22(17)19(23)15-10-14-6-3-4-8-18(14)24-12-15/h3-4,6,8,10-11,17H,5,7,9,12H2,1-2H3. The highest BCUT2D eigenvalue weighted by Crippen LogP contribution is 2.35. The molecule has 24 heavy (non-hydrogen) atoms. The molecule has 1 amide bonds. The molecular weight excluding hydrogens is 302 g/mol. The number of nitrogens with zero attached hydrogens (tertiary/aromatic N) is 3. The fourth-order valence-electron chi connectivity index (χ4n) is 3.60. The minimum absolute atomic E-state index is 0.0789. The first kappa shape index (κ1) is 15.0. The number of fused-ring (bicyclic) bond motifs is 1. The number of benzene rings is 1. The second-order valence-electron chi connectivity index (χ2n) is 6.46. The van der Waals surface area contributed by atoms with Crippen LogP contribution in [0.25, 0.3) is 6.08 Å². The van der Waals surface area contributed by atoms with Gasteiger partial charge in [0.15, 0.2) is 0 Å². The number of aryl methyl sites for hydroxylation is 1. The topological polar surface area (TPSA) is 47.4 Å². The Bertz CT molecular complexity index is 822. The van der Waals surface area contributed by atoms with Gasteiger partial charge < -0.3 is 9.64 Å². The number of ether oxygens (including phenoxy) is 1. The molecular formula is C19H21N3O2. The van der Waals surface area contributed by atoms with E-state index in [2.05, 4.69) is 12.0 Å². The zero-order valence-corrected chi connectivity index (χ0v) is 14.0. The number of hydrogen-bond acceptors (Lipinski definition) is 3. The molecule has 0 radical (unpaired) electrons. The van der Waals surface area contributed by atoms with Crippen LogP contribution in [0.5, 0.6) is 5.75 Å². The molecule has 5 nitrogen and oxygen atoms in total. The molecule has 0 aliphatic carbocycles. The zero-order chi connectivity index (χ0) is 16.7. The summed E-state index contributed by atoms with van der Waals surface area (Å²) in [6, 6.07) is 7.94. The first-order valence-electron chi connectivity index (χ1n) is 8.37. The third-order valence-corrected chi connectivity index (χ3v) is 5.05. The average Bonchev–Trinajstić information content (AvgIpc) is 3.21. The number of aromatic nitrogens is 2. The van der Waals surface area contributed by atoms with Crippen molar-refractivity contribution in [3.63, 3.8) is 0 Å². The van der Waals surface area contributed by atoms with Crippen LogP contribution in [0.2, 0.25) is 0 Å². The normalized spacial score (nSPS) is 19.7. The highest BCUT2D eigenvalue weighted by atomic mass is 16.5. The highest BCUT2D eigenvalue weighted by Gasteiger charge is 2.34. The van der Waals surface area contributed by atoms with E-state index < -0.39 is 0 Å². The molecule has 0 bridgehead atoms. The van der Waals surface area contributed by atoms with Gasteiger partial charge in [0.2, 0.25) is 0 Å². The molecule has 1 fully saturated rings. The lowest BCUT2D eigenvalue weighted by Crippen LogP contribution is -2.34. The fourth-order valence-corrected chi connectivity index (χ4v) is 3.60. The second kappa shape index (κ2) is 5.82. The van der Waals surface area contributed by atoms with Gasteiger partial charge in [0.25, 0.3) is 5.91 Å². The average molecular weight is 323 g/mol. The number of para-hydroxylation sites is 1. The summed E-state index contributed by atoms with van der Waals surface area (Å²) in [7, 11) is 1.94. The maximum atomic E-state index is 13.1. The maximum absolute atomic E-state index is 13.1. The van der Waals surface area contributed by atoms with Gasteiger partial charge in [-0.15, -0.1) is 0 Å². The maximum Gasteiger partial charge on any atom is 0.253 e. The monoisotopic (exact) mass is 323 g/mol. The summed E-state index contributed by atoms with van der Waals surface area (Å²) in [6.07, 6.45) is 5.87. The third kappa shape index (κ3) is 2.40. The molecule has 1 aromatic carbocycles. The molecule has 2 aliphatic heterocycles. The molecule has 0 saturated carbocycles. The van der Waals surface area contributed by atoms with Gasteiger partial charge in [-0.3, -0.25) is 9.48 Å².